The van der Waals surface area contributed by atoms with E-state index >= 15 is 0 Å². The van der Waals surface area contributed by atoms with Crippen LogP contribution in [0.15, 0.2) is 24.3 Å². The van der Waals surface area contributed by atoms with Crippen molar-refractivity contribution in [2.45, 2.75) is 38.9 Å². The number of rotatable bonds is 2. The van der Waals surface area contributed by atoms with Gasteiger partial charge < -0.3 is 16.0 Å². The number of nitrogens with one attached hydrogen (secondary N) is 1. The van der Waals surface area contributed by atoms with Crippen LogP contribution < -0.4 is 11.1 Å². The number of urea groups is 1. The van der Waals surface area contributed by atoms with Crippen molar-refractivity contribution in [2.75, 3.05) is 25.5 Å². The van der Waals surface area contributed by atoms with Crippen LogP contribution in [0.5, 0.6) is 0 Å². The number of carbonyl (C=O) groups is 1. The van der Waals surface area contributed by atoms with Crippen LogP contribution in [0.4, 0.5) is 10.5 Å². The highest BCUT2D eigenvalue weighted by molar-refractivity contribution is 5.89. The average molecular weight is 290 g/mol. The lowest BCUT2D eigenvalue weighted by Gasteiger charge is -2.42. The van der Waals surface area contributed by atoms with Gasteiger partial charge in [-0.25, -0.2) is 4.79 Å². The lowest BCUT2D eigenvalue weighted by atomic mass is 10.1. The topological polar surface area (TPSA) is 61.6 Å². The van der Waals surface area contributed by atoms with Crippen molar-refractivity contribution in [3.8, 4) is 0 Å². The van der Waals surface area contributed by atoms with Crippen molar-refractivity contribution in [3.05, 3.63) is 29.8 Å². The summed E-state index contributed by atoms with van der Waals surface area (Å²) in [5.41, 5.74) is 7.70. The van der Waals surface area contributed by atoms with Gasteiger partial charge in [-0.3, -0.25) is 4.90 Å². The first-order valence-electron chi connectivity index (χ1n) is 7.52. The lowest BCUT2D eigenvalue weighted by Crippen LogP contribution is -2.57. The summed E-state index contributed by atoms with van der Waals surface area (Å²) in [4.78, 5) is 16.6. The van der Waals surface area contributed by atoms with Gasteiger partial charge in [-0.2, -0.15) is 0 Å². The fourth-order valence-corrected chi connectivity index (χ4v) is 2.67. The van der Waals surface area contributed by atoms with E-state index in [0.29, 0.717) is 12.1 Å². The van der Waals surface area contributed by atoms with E-state index in [2.05, 4.69) is 31.1 Å². The molecule has 2 rings (SSSR count). The number of anilines is 1. The number of benzene rings is 1. The second-order valence-corrected chi connectivity index (χ2v) is 6.11. The summed E-state index contributed by atoms with van der Waals surface area (Å²) in [7, 11) is 2.11. The first-order valence-corrected chi connectivity index (χ1v) is 7.52. The predicted molar refractivity (Wildman–Crippen MR) is 86.3 cm³/mol. The number of amides is 2. The molecule has 1 aromatic carbocycles. The largest absolute Gasteiger partial charge is 0.324 e. The third kappa shape index (κ3) is 3.74. The van der Waals surface area contributed by atoms with Crippen LogP contribution in [0.3, 0.4) is 0 Å². The molecule has 5 nitrogen and oxygen atoms in total. The van der Waals surface area contributed by atoms with Gasteiger partial charge in [-0.15, -0.1) is 0 Å². The smallest absolute Gasteiger partial charge is 0.321 e. The highest BCUT2D eigenvalue weighted by Crippen LogP contribution is 2.18. The maximum Gasteiger partial charge on any atom is 0.321 e. The molecule has 3 N–H and O–H groups in total. The molecule has 1 fully saturated rings. The molecular weight excluding hydrogens is 264 g/mol. The van der Waals surface area contributed by atoms with E-state index in [1.54, 1.807) is 0 Å². The van der Waals surface area contributed by atoms with Gasteiger partial charge in [0, 0.05) is 36.9 Å². The Morgan fingerprint density at radius 3 is 2.52 bits per heavy atom. The molecule has 0 bridgehead atoms. The molecular formula is C16H26N4O. The van der Waals surface area contributed by atoms with E-state index in [1.807, 2.05) is 36.1 Å². The minimum absolute atomic E-state index is 0.0365. The Bertz CT molecular complexity index is 491. The number of carbonyl (C=O) groups excluding carboxylic acids is 1. The fourth-order valence-electron chi connectivity index (χ4n) is 2.67. The number of hydrogen-bond donors (Lipinski definition) is 2. The second-order valence-electron chi connectivity index (χ2n) is 6.11. The number of likely N-dealkylation sites (N-methyl/N-ethyl adjacent to an activating group) is 1. The summed E-state index contributed by atoms with van der Waals surface area (Å²) in [5.74, 6) is 0. The van der Waals surface area contributed by atoms with Crippen molar-refractivity contribution >= 4 is 11.7 Å². The Morgan fingerprint density at radius 2 is 1.95 bits per heavy atom. The van der Waals surface area contributed by atoms with E-state index < -0.39 is 0 Å². The molecule has 2 amide bonds. The third-order valence-corrected chi connectivity index (χ3v) is 4.31. The van der Waals surface area contributed by atoms with Gasteiger partial charge in [0.1, 0.15) is 0 Å². The molecule has 116 valence electrons. The zero-order chi connectivity index (χ0) is 15.6. The zero-order valence-electron chi connectivity index (χ0n) is 13.3. The summed E-state index contributed by atoms with van der Waals surface area (Å²) >= 11 is 0. The zero-order valence-corrected chi connectivity index (χ0v) is 13.3. The number of hydrogen-bond acceptors (Lipinski definition) is 3. The molecule has 1 aliphatic heterocycles. The SMILES string of the molecule is CC(N)c1cccc(NC(=O)N2CC(C)N(C)C(C)C2)c1. The fraction of sp³-hybridized carbons (Fsp3) is 0.562. The Kier molecular flexibility index (Phi) is 4.85. The molecule has 21 heavy (non-hydrogen) atoms. The minimum Gasteiger partial charge on any atom is -0.324 e. The van der Waals surface area contributed by atoms with Crippen LogP contribution in [-0.2, 0) is 0 Å². The number of piperazine rings is 1. The van der Waals surface area contributed by atoms with E-state index in [4.69, 9.17) is 5.73 Å². The van der Waals surface area contributed by atoms with Crippen molar-refractivity contribution in [1.82, 2.24) is 9.80 Å². The molecule has 3 atom stereocenters. The van der Waals surface area contributed by atoms with Crippen molar-refractivity contribution in [2.24, 2.45) is 5.73 Å². The molecule has 3 unspecified atom stereocenters. The van der Waals surface area contributed by atoms with Gasteiger partial charge in [-0.1, -0.05) is 12.1 Å². The Hall–Kier alpha value is -1.59. The van der Waals surface area contributed by atoms with Gasteiger partial charge in [0.15, 0.2) is 0 Å². The summed E-state index contributed by atoms with van der Waals surface area (Å²) in [6, 6.07) is 8.39. The molecule has 5 heteroatoms. The van der Waals surface area contributed by atoms with Crippen molar-refractivity contribution in [3.63, 3.8) is 0 Å². The molecule has 0 radical (unpaired) electrons. The molecule has 0 aromatic heterocycles. The summed E-state index contributed by atoms with van der Waals surface area (Å²) < 4.78 is 0. The minimum atomic E-state index is -0.0383. The summed E-state index contributed by atoms with van der Waals surface area (Å²) in [5, 5.41) is 2.98. The second kappa shape index (κ2) is 6.45. The van der Waals surface area contributed by atoms with E-state index in [-0.39, 0.29) is 12.1 Å². The molecule has 1 aromatic rings. The van der Waals surface area contributed by atoms with Crippen LogP contribution >= 0.6 is 0 Å². The van der Waals surface area contributed by atoms with Crippen LogP contribution in [0.2, 0.25) is 0 Å². The lowest BCUT2D eigenvalue weighted by molar-refractivity contribution is 0.0816. The summed E-state index contributed by atoms with van der Waals surface area (Å²) in [6.07, 6.45) is 0. The van der Waals surface area contributed by atoms with Gasteiger partial charge in [0.25, 0.3) is 0 Å². The average Bonchev–Trinajstić information content (AvgIpc) is 2.44. The molecule has 1 saturated heterocycles. The first-order chi connectivity index (χ1) is 9.88. The summed E-state index contributed by atoms with van der Waals surface area (Å²) in [6.45, 7) is 7.73. The van der Waals surface area contributed by atoms with Crippen molar-refractivity contribution in [1.29, 1.82) is 0 Å². The molecule has 0 aliphatic carbocycles. The normalized spacial score (nSPS) is 24.7. The van der Waals surface area contributed by atoms with Crippen LogP contribution in [0.25, 0.3) is 0 Å². The maximum atomic E-state index is 12.4. The molecule has 0 saturated carbocycles. The maximum absolute atomic E-state index is 12.4. The Balaban J connectivity index is 2.03. The highest BCUT2D eigenvalue weighted by atomic mass is 16.2. The van der Waals surface area contributed by atoms with Crippen LogP contribution in [0.1, 0.15) is 32.4 Å². The van der Waals surface area contributed by atoms with Crippen LogP contribution in [0, 0.1) is 0 Å². The number of nitrogens with zero attached hydrogens (tertiary/aromatic N) is 2. The van der Waals surface area contributed by atoms with Crippen molar-refractivity contribution < 1.29 is 4.79 Å². The van der Waals surface area contributed by atoms with Gasteiger partial charge in [0.2, 0.25) is 0 Å². The molecule has 1 heterocycles. The Labute approximate surface area is 127 Å². The predicted octanol–water partition coefficient (Wildman–Crippen LogP) is 2.26. The molecule has 1 aliphatic rings. The standard InChI is InChI=1S/C16H26N4O/c1-11-9-20(10-12(2)19(11)4)16(21)18-15-7-5-6-14(8-15)13(3)17/h5-8,11-13H,9-10,17H2,1-4H3,(H,18,21). The van der Waals surface area contributed by atoms with Gasteiger partial charge in [-0.05, 0) is 45.5 Å². The van der Waals surface area contributed by atoms with Crippen LogP contribution in [-0.4, -0.2) is 48.1 Å². The highest BCUT2D eigenvalue weighted by Gasteiger charge is 2.29. The van der Waals surface area contributed by atoms with Gasteiger partial charge >= 0.3 is 6.03 Å². The van der Waals surface area contributed by atoms with E-state index in [1.165, 1.54) is 0 Å². The third-order valence-electron chi connectivity index (χ3n) is 4.31. The van der Waals surface area contributed by atoms with E-state index in [0.717, 1.165) is 24.3 Å². The number of nitrogens with two attached hydrogens (primary N) is 1. The van der Waals surface area contributed by atoms with E-state index in [9.17, 15) is 4.79 Å². The quantitative estimate of drug-likeness (QED) is 0.878. The Morgan fingerprint density at radius 1 is 1.33 bits per heavy atom. The monoisotopic (exact) mass is 290 g/mol. The first kappa shape index (κ1) is 15.8. The molecule has 0 spiro atoms. The van der Waals surface area contributed by atoms with Gasteiger partial charge in [0.05, 0.1) is 0 Å².